The van der Waals surface area contributed by atoms with Crippen LogP contribution in [0.2, 0.25) is 0 Å². The van der Waals surface area contributed by atoms with Gasteiger partial charge in [0.2, 0.25) is 0 Å². The highest BCUT2D eigenvalue weighted by molar-refractivity contribution is 7.81. The highest BCUT2D eigenvalue weighted by atomic mass is 32.3. The van der Waals surface area contributed by atoms with Crippen LogP contribution >= 0.6 is 0 Å². The van der Waals surface area contributed by atoms with Crippen LogP contribution in [0.4, 0.5) is 0 Å². The zero-order chi connectivity index (χ0) is 22.9. The van der Waals surface area contributed by atoms with E-state index in [-0.39, 0.29) is 37.8 Å². The number of rotatable bonds is 13. The Bertz CT molecular complexity index is 769. The molecule has 0 aliphatic heterocycles. The third-order valence-electron chi connectivity index (χ3n) is 5.39. The number of hydrogen-bond donors (Lipinski definition) is 2. The van der Waals surface area contributed by atoms with Crippen LogP contribution in [0.3, 0.4) is 0 Å². The van der Waals surface area contributed by atoms with Crippen molar-refractivity contribution in [2.24, 2.45) is 27.6 Å². The van der Waals surface area contributed by atoms with Crippen molar-refractivity contribution >= 4 is 20.8 Å². The van der Waals surface area contributed by atoms with Crippen molar-refractivity contribution in [2.45, 2.75) is 61.3 Å². The first-order chi connectivity index (χ1) is 12.7. The van der Waals surface area contributed by atoms with Crippen LogP contribution in [0, 0.1) is 27.6 Å². The van der Waals surface area contributed by atoms with Crippen molar-refractivity contribution in [1.29, 1.82) is 0 Å². The molecule has 2 N–H and O–H groups in total. The molecule has 0 bridgehead atoms. The van der Waals surface area contributed by atoms with Crippen molar-refractivity contribution in [1.82, 2.24) is 0 Å². The summed E-state index contributed by atoms with van der Waals surface area (Å²) in [6.45, 7) is 12.5. The van der Waals surface area contributed by atoms with E-state index in [1.807, 2.05) is 34.6 Å². The van der Waals surface area contributed by atoms with E-state index in [1.54, 1.807) is 13.8 Å². The molecule has 0 spiro atoms. The Balaban J connectivity index is 2.58. The minimum absolute atomic E-state index is 0.0174. The average Bonchev–Trinajstić information content (AvgIpc) is 3.22. The molecular formula is C18H36O9S2. The summed E-state index contributed by atoms with van der Waals surface area (Å²) in [6.07, 6.45) is 1.19. The van der Waals surface area contributed by atoms with Crippen molar-refractivity contribution in [3.05, 3.63) is 0 Å². The lowest BCUT2D eigenvalue weighted by atomic mass is 9.76. The Morgan fingerprint density at radius 3 is 1.97 bits per heavy atom. The van der Waals surface area contributed by atoms with Crippen LogP contribution < -0.4 is 0 Å². The van der Waals surface area contributed by atoms with E-state index < -0.39 is 37.0 Å². The number of aliphatic hydroxyl groups is 1. The smallest absolute Gasteiger partial charge is 0.396 e. The minimum Gasteiger partial charge on any atom is -0.396 e. The second-order valence-electron chi connectivity index (χ2n) is 10.7. The fourth-order valence-corrected chi connectivity index (χ4v) is 5.39. The molecule has 174 valence electrons. The van der Waals surface area contributed by atoms with E-state index in [9.17, 15) is 21.9 Å². The van der Waals surface area contributed by atoms with E-state index in [1.165, 1.54) is 0 Å². The summed E-state index contributed by atoms with van der Waals surface area (Å²) in [5, 5.41) is 9.40. The molecule has 1 saturated carbocycles. The summed E-state index contributed by atoms with van der Waals surface area (Å²) < 4.78 is 69.3. The molecule has 0 aromatic carbocycles. The monoisotopic (exact) mass is 460 g/mol. The predicted molar refractivity (Wildman–Crippen MR) is 108 cm³/mol. The quantitative estimate of drug-likeness (QED) is 0.397. The van der Waals surface area contributed by atoms with Gasteiger partial charge in [0, 0.05) is 6.61 Å². The molecule has 11 heteroatoms. The summed E-state index contributed by atoms with van der Waals surface area (Å²) >= 11 is 0. The Morgan fingerprint density at radius 1 is 0.931 bits per heavy atom. The lowest BCUT2D eigenvalue weighted by Crippen LogP contribution is -2.31. The summed E-state index contributed by atoms with van der Waals surface area (Å²) in [4.78, 5) is 0. The Labute approximate surface area is 175 Å². The fraction of sp³-hybridized carbons (Fsp3) is 1.00. The first-order valence-electron chi connectivity index (χ1n) is 9.49. The molecule has 2 unspecified atom stereocenters. The summed E-state index contributed by atoms with van der Waals surface area (Å²) in [7, 11) is -8.74. The van der Waals surface area contributed by atoms with Gasteiger partial charge in [-0.1, -0.05) is 48.5 Å². The first kappa shape index (κ1) is 26.7. The molecule has 0 aromatic rings. The Kier molecular flexibility index (Phi) is 8.00. The second kappa shape index (κ2) is 8.68. The molecule has 0 heterocycles. The minimum atomic E-state index is -4.54. The molecule has 1 fully saturated rings. The SMILES string of the molecule is CC(C)(CO)CC(C)(C)COS(=O)(=O)OCC1(C)CC1C(C)(C)COS(=O)(=O)O. The molecule has 0 aromatic heterocycles. The number of hydrogen-bond acceptors (Lipinski definition) is 8. The van der Waals surface area contributed by atoms with Crippen LogP contribution in [0.25, 0.3) is 0 Å². The van der Waals surface area contributed by atoms with Crippen molar-refractivity contribution in [3.63, 3.8) is 0 Å². The van der Waals surface area contributed by atoms with Crippen LogP contribution in [-0.2, 0) is 33.3 Å². The van der Waals surface area contributed by atoms with Crippen LogP contribution in [0.15, 0.2) is 0 Å². The van der Waals surface area contributed by atoms with Gasteiger partial charge in [0.05, 0.1) is 19.8 Å². The topological polar surface area (TPSA) is 136 Å². The molecule has 1 aliphatic rings. The van der Waals surface area contributed by atoms with Crippen LogP contribution in [0.5, 0.6) is 0 Å². The van der Waals surface area contributed by atoms with Gasteiger partial charge in [-0.15, -0.1) is 0 Å². The van der Waals surface area contributed by atoms with Crippen LogP contribution in [0.1, 0.15) is 61.3 Å². The maximum Gasteiger partial charge on any atom is 0.399 e. The zero-order valence-corrected chi connectivity index (χ0v) is 20.0. The third kappa shape index (κ3) is 9.16. The maximum absolute atomic E-state index is 12.2. The molecule has 1 rings (SSSR count). The molecule has 0 saturated heterocycles. The van der Waals surface area contributed by atoms with Gasteiger partial charge in [-0.05, 0) is 40.4 Å². The Morgan fingerprint density at radius 2 is 1.48 bits per heavy atom. The lowest BCUT2D eigenvalue weighted by Gasteiger charge is -2.33. The van der Waals surface area contributed by atoms with Crippen molar-refractivity contribution in [3.8, 4) is 0 Å². The third-order valence-corrected chi connectivity index (χ3v) is 6.62. The second-order valence-corrected chi connectivity index (χ2v) is 13.1. The van der Waals surface area contributed by atoms with Gasteiger partial charge in [0.25, 0.3) is 0 Å². The summed E-state index contributed by atoms with van der Waals surface area (Å²) in [5.41, 5.74) is -1.92. The van der Waals surface area contributed by atoms with E-state index in [4.69, 9.17) is 12.9 Å². The van der Waals surface area contributed by atoms with Gasteiger partial charge >= 0.3 is 20.8 Å². The molecule has 0 radical (unpaired) electrons. The van der Waals surface area contributed by atoms with E-state index in [0.717, 1.165) is 0 Å². The van der Waals surface area contributed by atoms with Gasteiger partial charge in [0.1, 0.15) is 0 Å². The average molecular weight is 461 g/mol. The zero-order valence-electron chi connectivity index (χ0n) is 18.4. The maximum atomic E-state index is 12.2. The van der Waals surface area contributed by atoms with Crippen molar-refractivity contribution in [2.75, 3.05) is 26.4 Å². The summed E-state index contributed by atoms with van der Waals surface area (Å²) in [5.74, 6) is -0.0475. The van der Waals surface area contributed by atoms with Gasteiger partial charge < -0.3 is 5.11 Å². The van der Waals surface area contributed by atoms with E-state index in [2.05, 4.69) is 4.18 Å². The van der Waals surface area contributed by atoms with Gasteiger partial charge in [-0.25, -0.2) is 12.5 Å². The first-order valence-corrected chi connectivity index (χ1v) is 12.2. The number of aliphatic hydroxyl groups excluding tert-OH is 1. The normalized spacial score (nSPS) is 24.0. The largest absolute Gasteiger partial charge is 0.399 e. The van der Waals surface area contributed by atoms with E-state index in [0.29, 0.717) is 12.8 Å². The van der Waals surface area contributed by atoms with E-state index >= 15 is 0 Å². The highest BCUT2D eigenvalue weighted by Crippen LogP contribution is 2.61. The Hall–Kier alpha value is -0.300. The molecule has 2 atom stereocenters. The van der Waals surface area contributed by atoms with Gasteiger partial charge in [-0.3, -0.25) is 4.55 Å². The molecule has 9 nitrogen and oxygen atoms in total. The molecule has 0 amide bonds. The van der Waals surface area contributed by atoms with Crippen LogP contribution in [-0.4, -0.2) is 52.9 Å². The lowest BCUT2D eigenvalue weighted by molar-refractivity contribution is 0.0644. The predicted octanol–water partition coefficient (Wildman–Crippen LogP) is 2.57. The molecule has 29 heavy (non-hydrogen) atoms. The standard InChI is InChI=1S/C18H36O9S2/c1-15(2,10-19)9-16(3,4)11-26-29(23,24)27-13-18(7)8-14(18)17(5,6)12-25-28(20,21)22/h14,19H,8-13H2,1-7H3,(H,20,21,22). The van der Waals surface area contributed by atoms with Crippen molar-refractivity contribution < 1.29 is 39.0 Å². The highest BCUT2D eigenvalue weighted by Gasteiger charge is 2.58. The summed E-state index contributed by atoms with van der Waals surface area (Å²) in [6, 6.07) is 0. The van der Waals surface area contributed by atoms with Gasteiger partial charge in [-0.2, -0.15) is 16.8 Å². The fourth-order valence-electron chi connectivity index (χ4n) is 3.99. The molecular weight excluding hydrogens is 424 g/mol. The molecule has 1 aliphatic carbocycles. The van der Waals surface area contributed by atoms with Gasteiger partial charge in [0.15, 0.2) is 0 Å².